The van der Waals surface area contributed by atoms with Gasteiger partial charge in [0.15, 0.2) is 5.13 Å². The van der Waals surface area contributed by atoms with Crippen molar-refractivity contribution in [1.29, 1.82) is 0 Å². The number of aromatic nitrogens is 2. The molecular formula is C15H9N3OS3. The first-order valence-electron chi connectivity index (χ1n) is 6.46. The van der Waals surface area contributed by atoms with Crippen LogP contribution in [0, 0.1) is 0 Å². The van der Waals surface area contributed by atoms with Gasteiger partial charge >= 0.3 is 0 Å². The van der Waals surface area contributed by atoms with E-state index in [1.165, 1.54) is 22.7 Å². The van der Waals surface area contributed by atoms with Crippen LogP contribution < -0.4 is 5.32 Å². The van der Waals surface area contributed by atoms with Crippen molar-refractivity contribution in [3.05, 3.63) is 52.0 Å². The Morgan fingerprint density at radius 1 is 1.05 bits per heavy atom. The number of benzene rings is 1. The number of fused-ring (bicyclic) bond motifs is 1. The number of hydrogen-bond acceptors (Lipinski definition) is 6. The molecule has 0 aliphatic carbocycles. The van der Waals surface area contributed by atoms with Gasteiger partial charge in [0.05, 0.1) is 15.1 Å². The molecule has 0 saturated heterocycles. The van der Waals surface area contributed by atoms with Gasteiger partial charge in [-0.3, -0.25) is 10.1 Å². The third-order valence-corrected chi connectivity index (χ3v) is 5.67. The lowest BCUT2D eigenvalue weighted by Gasteiger charge is -1.97. The predicted octanol–water partition coefficient (Wildman–Crippen LogP) is 4.73. The first-order valence-corrected chi connectivity index (χ1v) is 9.03. The topological polar surface area (TPSA) is 54.9 Å². The molecule has 0 unspecified atom stereocenters. The van der Waals surface area contributed by atoms with Gasteiger partial charge in [-0.05, 0) is 23.6 Å². The Labute approximate surface area is 138 Å². The molecule has 0 fully saturated rings. The Balaban J connectivity index is 1.59. The van der Waals surface area contributed by atoms with Crippen molar-refractivity contribution in [2.75, 3.05) is 5.32 Å². The largest absolute Gasteiger partial charge is 0.297 e. The van der Waals surface area contributed by atoms with Crippen LogP contribution in [0.3, 0.4) is 0 Å². The summed E-state index contributed by atoms with van der Waals surface area (Å²) in [6.45, 7) is 0. The van der Waals surface area contributed by atoms with Gasteiger partial charge < -0.3 is 0 Å². The van der Waals surface area contributed by atoms with Gasteiger partial charge in [0, 0.05) is 5.38 Å². The molecule has 4 nitrogen and oxygen atoms in total. The molecule has 0 aliphatic rings. The number of nitrogens with one attached hydrogen (secondary N) is 1. The number of para-hydroxylation sites is 1. The first kappa shape index (κ1) is 13.6. The van der Waals surface area contributed by atoms with Crippen LogP contribution in [0.2, 0.25) is 0 Å². The van der Waals surface area contributed by atoms with Gasteiger partial charge in [0.1, 0.15) is 10.7 Å². The van der Waals surface area contributed by atoms with E-state index in [9.17, 15) is 4.79 Å². The fraction of sp³-hybridized carbons (Fsp3) is 0. The molecule has 7 heteroatoms. The van der Waals surface area contributed by atoms with E-state index in [1.54, 1.807) is 17.4 Å². The average Bonchev–Trinajstić information content (AvgIpc) is 3.26. The number of carbonyl (C=O) groups is 1. The molecule has 0 saturated carbocycles. The second kappa shape index (κ2) is 5.60. The van der Waals surface area contributed by atoms with Crippen LogP contribution in [0.15, 0.2) is 47.2 Å². The lowest BCUT2D eigenvalue weighted by Crippen LogP contribution is -2.09. The molecule has 22 heavy (non-hydrogen) atoms. The summed E-state index contributed by atoms with van der Waals surface area (Å²) in [6.07, 6.45) is 0. The molecule has 0 aliphatic heterocycles. The smallest absolute Gasteiger partial charge is 0.267 e. The van der Waals surface area contributed by atoms with Crippen molar-refractivity contribution >= 4 is 55.3 Å². The molecular weight excluding hydrogens is 334 g/mol. The normalized spacial score (nSPS) is 10.9. The highest BCUT2D eigenvalue weighted by Gasteiger charge is 2.13. The van der Waals surface area contributed by atoms with Crippen LogP contribution in [0.1, 0.15) is 9.67 Å². The highest BCUT2D eigenvalue weighted by Crippen LogP contribution is 2.32. The number of anilines is 1. The third-order valence-electron chi connectivity index (χ3n) is 2.98. The maximum atomic E-state index is 12.0. The molecule has 4 rings (SSSR count). The average molecular weight is 343 g/mol. The molecule has 3 heterocycles. The molecule has 4 aromatic rings. The quantitative estimate of drug-likeness (QED) is 0.585. The van der Waals surface area contributed by atoms with E-state index in [0.29, 0.717) is 10.0 Å². The Bertz CT molecular complexity index is 907. The van der Waals surface area contributed by atoms with E-state index >= 15 is 0 Å². The van der Waals surface area contributed by atoms with Gasteiger partial charge in [-0.2, -0.15) is 0 Å². The fourth-order valence-corrected chi connectivity index (χ4v) is 4.29. The van der Waals surface area contributed by atoms with Crippen LogP contribution in [-0.4, -0.2) is 15.9 Å². The fourth-order valence-electron chi connectivity index (χ4n) is 1.98. The maximum Gasteiger partial charge on any atom is 0.267 e. The van der Waals surface area contributed by atoms with Crippen LogP contribution >= 0.6 is 34.0 Å². The van der Waals surface area contributed by atoms with Crippen molar-refractivity contribution in [3.8, 4) is 10.7 Å². The summed E-state index contributed by atoms with van der Waals surface area (Å²) < 4.78 is 1.13. The number of amides is 1. The molecule has 1 aromatic carbocycles. The zero-order chi connectivity index (χ0) is 14.9. The molecule has 1 amide bonds. The van der Waals surface area contributed by atoms with Crippen LogP contribution in [0.25, 0.3) is 20.9 Å². The number of nitrogens with zero attached hydrogens (tertiary/aromatic N) is 2. The number of thiophene rings is 1. The minimum absolute atomic E-state index is 0.125. The number of carbonyl (C=O) groups excluding carboxylic acids is 1. The lowest BCUT2D eigenvalue weighted by atomic mass is 10.3. The van der Waals surface area contributed by atoms with Crippen molar-refractivity contribution < 1.29 is 4.79 Å². The summed E-state index contributed by atoms with van der Waals surface area (Å²) >= 11 is 4.42. The van der Waals surface area contributed by atoms with Gasteiger partial charge in [-0.25, -0.2) is 9.97 Å². The van der Waals surface area contributed by atoms with E-state index in [4.69, 9.17) is 0 Å². The second-order valence-corrected chi connectivity index (χ2v) is 7.29. The number of hydrogen-bond donors (Lipinski definition) is 1. The standard InChI is InChI=1S/C15H9N3OS3/c19-13(12-6-3-7-20-12)18-15-17-10(8-21-15)14-16-9-4-1-2-5-11(9)22-14/h1-8H,(H,17,18,19). The van der Waals surface area contributed by atoms with Crippen molar-refractivity contribution in [3.63, 3.8) is 0 Å². The zero-order valence-electron chi connectivity index (χ0n) is 11.1. The summed E-state index contributed by atoms with van der Waals surface area (Å²) in [5.41, 5.74) is 1.77. The predicted molar refractivity (Wildman–Crippen MR) is 93.0 cm³/mol. The Morgan fingerprint density at radius 3 is 2.77 bits per heavy atom. The molecule has 108 valence electrons. The lowest BCUT2D eigenvalue weighted by molar-refractivity contribution is 0.103. The van der Waals surface area contributed by atoms with Gasteiger partial charge in [0.2, 0.25) is 0 Å². The highest BCUT2D eigenvalue weighted by atomic mass is 32.1. The monoisotopic (exact) mass is 343 g/mol. The minimum atomic E-state index is -0.125. The molecule has 0 atom stereocenters. The van der Waals surface area contributed by atoms with E-state index in [2.05, 4.69) is 15.3 Å². The number of thiazole rings is 2. The Kier molecular flexibility index (Phi) is 3.45. The summed E-state index contributed by atoms with van der Waals surface area (Å²) in [4.78, 5) is 21.7. The summed E-state index contributed by atoms with van der Waals surface area (Å²) in [6, 6.07) is 11.6. The van der Waals surface area contributed by atoms with Gasteiger partial charge in [0.25, 0.3) is 5.91 Å². The minimum Gasteiger partial charge on any atom is -0.297 e. The van der Waals surface area contributed by atoms with Crippen molar-refractivity contribution in [2.24, 2.45) is 0 Å². The maximum absolute atomic E-state index is 12.0. The Hall–Kier alpha value is -2.09. The summed E-state index contributed by atoms with van der Waals surface area (Å²) in [5, 5.41) is 8.08. The van der Waals surface area contributed by atoms with E-state index < -0.39 is 0 Å². The third kappa shape index (κ3) is 2.54. The first-order chi connectivity index (χ1) is 10.8. The van der Waals surface area contributed by atoms with Crippen LogP contribution in [-0.2, 0) is 0 Å². The molecule has 1 N–H and O–H groups in total. The van der Waals surface area contributed by atoms with Crippen LogP contribution in [0.5, 0.6) is 0 Å². The molecule has 0 radical (unpaired) electrons. The summed E-state index contributed by atoms with van der Waals surface area (Å²) in [7, 11) is 0. The van der Waals surface area contributed by atoms with E-state index in [0.717, 1.165) is 20.9 Å². The zero-order valence-corrected chi connectivity index (χ0v) is 13.6. The molecule has 3 aromatic heterocycles. The van der Waals surface area contributed by atoms with E-state index in [1.807, 2.05) is 41.1 Å². The van der Waals surface area contributed by atoms with Gasteiger partial charge in [-0.1, -0.05) is 18.2 Å². The highest BCUT2D eigenvalue weighted by molar-refractivity contribution is 7.22. The second-order valence-electron chi connectivity index (χ2n) is 4.46. The van der Waals surface area contributed by atoms with Gasteiger partial charge in [-0.15, -0.1) is 34.0 Å². The SMILES string of the molecule is O=C(Nc1nc(-c2nc3ccccc3s2)cs1)c1cccs1. The van der Waals surface area contributed by atoms with Crippen molar-refractivity contribution in [1.82, 2.24) is 9.97 Å². The summed E-state index contributed by atoms with van der Waals surface area (Å²) in [5.74, 6) is -0.125. The Morgan fingerprint density at radius 2 is 1.95 bits per heavy atom. The molecule has 0 spiro atoms. The van der Waals surface area contributed by atoms with Crippen molar-refractivity contribution in [2.45, 2.75) is 0 Å². The van der Waals surface area contributed by atoms with Crippen LogP contribution in [0.4, 0.5) is 5.13 Å². The number of rotatable bonds is 3. The van der Waals surface area contributed by atoms with E-state index in [-0.39, 0.29) is 5.91 Å². The molecule has 0 bridgehead atoms.